The normalized spacial score (nSPS) is 13.2. The van der Waals surface area contributed by atoms with Gasteiger partial charge in [-0.3, -0.25) is 0 Å². The van der Waals surface area contributed by atoms with Gasteiger partial charge in [0.05, 0.1) is 4.47 Å². The van der Waals surface area contributed by atoms with E-state index >= 15 is 0 Å². The van der Waals surface area contributed by atoms with Gasteiger partial charge >= 0.3 is 0 Å². The Morgan fingerprint density at radius 3 is 2.71 bits per heavy atom. The number of nitrogens with one attached hydrogen (secondary N) is 1. The molecule has 2 aromatic carbocycles. The number of rotatable bonds is 4. The third-order valence-electron chi connectivity index (χ3n) is 3.20. The summed E-state index contributed by atoms with van der Waals surface area (Å²) in [6.45, 7) is 2.43. The van der Waals surface area contributed by atoms with Crippen molar-refractivity contribution in [2.24, 2.45) is 0 Å². The molecule has 110 valence electrons. The molecule has 0 aromatic heterocycles. The first-order chi connectivity index (χ1) is 10.2. The highest BCUT2D eigenvalue weighted by molar-refractivity contribution is 9.10. The average molecular weight is 352 g/mol. The van der Waals surface area contributed by atoms with Crippen molar-refractivity contribution in [3.8, 4) is 11.5 Å². The monoisotopic (exact) mass is 351 g/mol. The van der Waals surface area contributed by atoms with E-state index in [0.717, 1.165) is 27.1 Å². The van der Waals surface area contributed by atoms with E-state index in [0.29, 0.717) is 26.3 Å². The number of fused-ring (bicyclic) bond motifs is 1. The van der Waals surface area contributed by atoms with Gasteiger partial charge in [0.15, 0.2) is 11.5 Å². The molecule has 1 heterocycles. The van der Waals surface area contributed by atoms with Crippen molar-refractivity contribution in [3.63, 3.8) is 0 Å². The maximum Gasteiger partial charge on any atom is 0.175 e. The van der Waals surface area contributed by atoms with E-state index in [1.54, 1.807) is 6.07 Å². The lowest BCUT2D eigenvalue weighted by atomic mass is 10.1. The Balaban J connectivity index is 1.64. The second kappa shape index (κ2) is 6.45. The van der Waals surface area contributed by atoms with Gasteiger partial charge in [0.25, 0.3) is 0 Å². The van der Waals surface area contributed by atoms with Gasteiger partial charge in [0.1, 0.15) is 19.0 Å². The molecule has 0 atom stereocenters. The van der Waals surface area contributed by atoms with Crippen LogP contribution in [0, 0.1) is 5.82 Å². The minimum absolute atomic E-state index is 0.212. The molecular weight excluding hydrogens is 337 g/mol. The third kappa shape index (κ3) is 3.54. The Labute approximate surface area is 131 Å². The summed E-state index contributed by atoms with van der Waals surface area (Å²) in [6, 6.07) is 10.6. The molecule has 1 aliphatic rings. The van der Waals surface area contributed by atoms with Crippen LogP contribution in [0.25, 0.3) is 0 Å². The molecule has 3 rings (SSSR count). The van der Waals surface area contributed by atoms with Crippen LogP contribution in [0.4, 0.5) is 4.39 Å². The molecule has 1 aliphatic heterocycles. The molecule has 0 spiro atoms. The highest BCUT2D eigenvalue weighted by Gasteiger charge is 2.16. The van der Waals surface area contributed by atoms with Crippen molar-refractivity contribution < 1.29 is 13.9 Å². The van der Waals surface area contributed by atoms with Crippen LogP contribution in [0.3, 0.4) is 0 Å². The summed E-state index contributed by atoms with van der Waals surface area (Å²) >= 11 is 3.50. The SMILES string of the molecule is Fc1cccc(CNCc2cc(Br)c3c(c2)OCCO3)c1. The Hall–Kier alpha value is -1.59. The lowest BCUT2D eigenvalue weighted by Gasteiger charge is -2.20. The van der Waals surface area contributed by atoms with Crippen LogP contribution < -0.4 is 14.8 Å². The molecule has 0 saturated carbocycles. The summed E-state index contributed by atoms with van der Waals surface area (Å²) in [5, 5.41) is 3.30. The maximum atomic E-state index is 13.1. The molecule has 1 N–H and O–H groups in total. The molecule has 0 amide bonds. The fourth-order valence-corrected chi connectivity index (χ4v) is 2.87. The first-order valence-corrected chi connectivity index (χ1v) is 7.55. The first-order valence-electron chi connectivity index (χ1n) is 6.75. The Morgan fingerprint density at radius 1 is 1.05 bits per heavy atom. The van der Waals surface area contributed by atoms with Gasteiger partial charge < -0.3 is 14.8 Å². The van der Waals surface area contributed by atoms with Crippen molar-refractivity contribution in [1.29, 1.82) is 0 Å². The van der Waals surface area contributed by atoms with Crippen molar-refractivity contribution >= 4 is 15.9 Å². The molecule has 0 fully saturated rings. The number of ether oxygens (including phenoxy) is 2. The zero-order valence-electron chi connectivity index (χ0n) is 11.4. The van der Waals surface area contributed by atoms with E-state index in [1.807, 2.05) is 18.2 Å². The second-order valence-corrected chi connectivity index (χ2v) is 5.69. The number of hydrogen-bond acceptors (Lipinski definition) is 3. The smallest absolute Gasteiger partial charge is 0.175 e. The van der Waals surface area contributed by atoms with Gasteiger partial charge in [0, 0.05) is 13.1 Å². The van der Waals surface area contributed by atoms with Crippen LogP contribution in [0.15, 0.2) is 40.9 Å². The fourth-order valence-electron chi connectivity index (χ4n) is 2.26. The summed E-state index contributed by atoms with van der Waals surface area (Å²) in [5.41, 5.74) is 2.01. The van der Waals surface area contributed by atoms with E-state index < -0.39 is 0 Å². The van der Waals surface area contributed by atoms with E-state index in [9.17, 15) is 4.39 Å². The van der Waals surface area contributed by atoms with Crippen LogP contribution in [-0.4, -0.2) is 13.2 Å². The summed E-state index contributed by atoms with van der Waals surface area (Å²) in [6.07, 6.45) is 0. The van der Waals surface area contributed by atoms with Gasteiger partial charge in [-0.1, -0.05) is 12.1 Å². The van der Waals surface area contributed by atoms with Gasteiger partial charge in [-0.15, -0.1) is 0 Å². The molecule has 5 heteroatoms. The maximum absolute atomic E-state index is 13.1. The topological polar surface area (TPSA) is 30.5 Å². The van der Waals surface area contributed by atoms with Gasteiger partial charge in [-0.25, -0.2) is 4.39 Å². The predicted octanol–water partition coefficient (Wildman–Crippen LogP) is 3.65. The van der Waals surface area contributed by atoms with Gasteiger partial charge in [-0.05, 0) is 51.3 Å². The minimum atomic E-state index is -0.212. The summed E-state index contributed by atoms with van der Waals surface area (Å²) in [7, 11) is 0. The lowest BCUT2D eigenvalue weighted by molar-refractivity contribution is 0.170. The highest BCUT2D eigenvalue weighted by Crippen LogP contribution is 2.38. The van der Waals surface area contributed by atoms with E-state index in [1.165, 1.54) is 12.1 Å². The number of benzene rings is 2. The van der Waals surface area contributed by atoms with Crippen LogP contribution in [0.5, 0.6) is 11.5 Å². The minimum Gasteiger partial charge on any atom is -0.486 e. The zero-order chi connectivity index (χ0) is 14.7. The molecule has 3 nitrogen and oxygen atoms in total. The van der Waals surface area contributed by atoms with Crippen molar-refractivity contribution in [2.75, 3.05) is 13.2 Å². The van der Waals surface area contributed by atoms with Crippen LogP contribution in [-0.2, 0) is 13.1 Å². The largest absolute Gasteiger partial charge is 0.486 e. The average Bonchev–Trinajstić information content (AvgIpc) is 2.47. The molecule has 2 aromatic rings. The summed E-state index contributed by atoms with van der Waals surface area (Å²) < 4.78 is 25.1. The van der Waals surface area contributed by atoms with Crippen LogP contribution >= 0.6 is 15.9 Å². The molecule has 0 saturated heterocycles. The molecule has 0 aliphatic carbocycles. The first kappa shape index (κ1) is 14.4. The number of hydrogen-bond donors (Lipinski definition) is 1. The molecule has 0 unspecified atom stereocenters. The van der Waals surface area contributed by atoms with E-state index in [-0.39, 0.29) is 5.82 Å². The third-order valence-corrected chi connectivity index (χ3v) is 3.79. The highest BCUT2D eigenvalue weighted by atomic mass is 79.9. The Morgan fingerprint density at radius 2 is 1.86 bits per heavy atom. The summed E-state index contributed by atoms with van der Waals surface area (Å²) in [5.74, 6) is 1.31. The van der Waals surface area contributed by atoms with E-state index in [4.69, 9.17) is 9.47 Å². The fraction of sp³-hybridized carbons (Fsp3) is 0.250. The quantitative estimate of drug-likeness (QED) is 0.911. The van der Waals surface area contributed by atoms with Crippen molar-refractivity contribution in [2.45, 2.75) is 13.1 Å². The summed E-state index contributed by atoms with van der Waals surface area (Å²) in [4.78, 5) is 0. The second-order valence-electron chi connectivity index (χ2n) is 4.84. The predicted molar refractivity (Wildman–Crippen MR) is 82.1 cm³/mol. The Kier molecular flexibility index (Phi) is 4.41. The zero-order valence-corrected chi connectivity index (χ0v) is 13.0. The van der Waals surface area contributed by atoms with E-state index in [2.05, 4.69) is 21.2 Å². The molecular formula is C16H15BrFNO2. The van der Waals surface area contributed by atoms with Crippen LogP contribution in [0.1, 0.15) is 11.1 Å². The lowest BCUT2D eigenvalue weighted by Crippen LogP contribution is -2.17. The Bertz CT molecular complexity index is 648. The van der Waals surface area contributed by atoms with Gasteiger partial charge in [-0.2, -0.15) is 0 Å². The molecule has 21 heavy (non-hydrogen) atoms. The molecule has 0 bridgehead atoms. The standard InChI is InChI=1S/C16H15BrFNO2/c17-14-7-12(8-15-16(14)21-5-4-20-15)10-19-9-11-2-1-3-13(18)6-11/h1-3,6-8,19H,4-5,9-10H2. The van der Waals surface area contributed by atoms with Crippen molar-refractivity contribution in [3.05, 3.63) is 57.8 Å². The van der Waals surface area contributed by atoms with Gasteiger partial charge in [0.2, 0.25) is 0 Å². The van der Waals surface area contributed by atoms with Crippen molar-refractivity contribution in [1.82, 2.24) is 5.32 Å². The molecule has 0 radical (unpaired) electrons. The number of halogens is 2. The van der Waals surface area contributed by atoms with Crippen LogP contribution in [0.2, 0.25) is 0 Å².